The number of aryl methyl sites for hydroxylation is 1. The average molecular weight is 241 g/mol. The molecule has 1 aliphatic heterocycles. The number of amides is 1. The number of nitrogens with one attached hydrogen (secondary N) is 1. The first kappa shape index (κ1) is 12.4. The van der Waals surface area contributed by atoms with Gasteiger partial charge in [0, 0.05) is 0 Å². The zero-order chi connectivity index (χ0) is 12.3. The van der Waals surface area contributed by atoms with E-state index in [1.54, 1.807) is 25.1 Å². The maximum atomic E-state index is 10.6. The van der Waals surface area contributed by atoms with Crippen molar-refractivity contribution >= 4 is 16.0 Å². The first-order valence-corrected chi connectivity index (χ1v) is 5.80. The van der Waals surface area contributed by atoms with Gasteiger partial charge in [-0.25, -0.2) is 0 Å². The third-order valence-corrected chi connectivity index (χ3v) is 2.86. The van der Waals surface area contributed by atoms with Crippen LogP contribution in [-0.4, -0.2) is 18.9 Å². The quantitative estimate of drug-likeness (QED) is 0.433. The van der Waals surface area contributed by atoms with Gasteiger partial charge in [-0.05, 0) is 18.6 Å². The number of carbonyl (C=O) groups is 1. The molecule has 0 saturated carbocycles. The Balaban J connectivity index is 0.000000212. The molecule has 2 rings (SSSR count). The SMILES string of the molecule is C=C1NC1=O.Cc1ccccc1S(=O)(=O)O. The van der Waals surface area contributed by atoms with Crippen LogP contribution in [0.5, 0.6) is 0 Å². The second-order valence-corrected chi connectivity index (χ2v) is 4.56. The molecule has 86 valence electrons. The van der Waals surface area contributed by atoms with Crippen molar-refractivity contribution in [3.63, 3.8) is 0 Å². The summed E-state index contributed by atoms with van der Waals surface area (Å²) >= 11 is 0. The highest BCUT2D eigenvalue weighted by atomic mass is 32.2. The van der Waals surface area contributed by atoms with E-state index in [0.717, 1.165) is 0 Å². The molecule has 0 bridgehead atoms. The summed E-state index contributed by atoms with van der Waals surface area (Å²) in [4.78, 5) is 9.65. The maximum absolute atomic E-state index is 10.6. The lowest BCUT2D eigenvalue weighted by Gasteiger charge is -1.99. The molecule has 0 aliphatic carbocycles. The third-order valence-electron chi connectivity index (χ3n) is 1.85. The molecule has 0 aromatic heterocycles. The van der Waals surface area contributed by atoms with E-state index in [1.807, 2.05) is 0 Å². The molecule has 2 N–H and O–H groups in total. The Bertz CT molecular complexity index is 522. The van der Waals surface area contributed by atoms with E-state index in [9.17, 15) is 13.2 Å². The van der Waals surface area contributed by atoms with Crippen molar-refractivity contribution in [3.05, 3.63) is 42.1 Å². The Kier molecular flexibility index (Phi) is 3.46. The predicted octanol–water partition coefficient (Wildman–Crippen LogP) is 0.872. The fourth-order valence-corrected chi connectivity index (χ4v) is 1.68. The van der Waals surface area contributed by atoms with Gasteiger partial charge in [-0.1, -0.05) is 24.8 Å². The molecule has 1 aliphatic rings. The summed E-state index contributed by atoms with van der Waals surface area (Å²) in [6.45, 7) is 4.92. The lowest BCUT2D eigenvalue weighted by molar-refractivity contribution is -0.109. The molecule has 1 aromatic carbocycles. The van der Waals surface area contributed by atoms with Gasteiger partial charge in [0.25, 0.3) is 16.0 Å². The highest BCUT2D eigenvalue weighted by molar-refractivity contribution is 7.85. The van der Waals surface area contributed by atoms with E-state index in [4.69, 9.17) is 4.55 Å². The molecule has 1 saturated heterocycles. The predicted molar refractivity (Wildman–Crippen MR) is 58.3 cm³/mol. The van der Waals surface area contributed by atoms with E-state index >= 15 is 0 Å². The number of carbonyl (C=O) groups excluding carboxylic acids is 1. The van der Waals surface area contributed by atoms with E-state index < -0.39 is 10.1 Å². The molecule has 0 radical (unpaired) electrons. The standard InChI is InChI=1S/C7H8O3S.C3H3NO/c1-6-4-2-3-5-7(6)11(8,9)10;1-2-3(5)4-2/h2-5H,1H3,(H,8,9,10);1H2,(H,4,5). The van der Waals surface area contributed by atoms with Crippen LogP contribution in [0.15, 0.2) is 41.4 Å². The summed E-state index contributed by atoms with van der Waals surface area (Å²) in [7, 11) is -4.03. The molecule has 1 fully saturated rings. The smallest absolute Gasteiger partial charge is 0.294 e. The van der Waals surface area contributed by atoms with Crippen LogP contribution in [0, 0.1) is 6.92 Å². The van der Waals surface area contributed by atoms with Crippen molar-refractivity contribution in [1.82, 2.24) is 5.32 Å². The van der Waals surface area contributed by atoms with Gasteiger partial charge in [0.1, 0.15) is 0 Å². The highest BCUT2D eigenvalue weighted by Gasteiger charge is 2.20. The van der Waals surface area contributed by atoms with Crippen LogP contribution < -0.4 is 5.32 Å². The van der Waals surface area contributed by atoms with Crippen LogP contribution in [0.4, 0.5) is 0 Å². The molecular weight excluding hydrogens is 230 g/mol. The van der Waals surface area contributed by atoms with Gasteiger partial charge in [0.05, 0.1) is 10.6 Å². The third kappa shape index (κ3) is 3.48. The molecule has 0 spiro atoms. The van der Waals surface area contributed by atoms with Gasteiger partial charge < -0.3 is 5.32 Å². The van der Waals surface area contributed by atoms with Gasteiger partial charge in [-0.2, -0.15) is 8.42 Å². The summed E-state index contributed by atoms with van der Waals surface area (Å²) in [6.07, 6.45) is 0. The van der Waals surface area contributed by atoms with E-state index in [0.29, 0.717) is 11.3 Å². The number of hydrogen-bond acceptors (Lipinski definition) is 3. The normalized spacial score (nSPS) is 13.6. The van der Waals surface area contributed by atoms with Gasteiger partial charge in [0.2, 0.25) is 0 Å². The Morgan fingerprint density at radius 3 is 2.00 bits per heavy atom. The van der Waals surface area contributed by atoms with Crippen molar-refractivity contribution in [1.29, 1.82) is 0 Å². The van der Waals surface area contributed by atoms with Crippen molar-refractivity contribution < 1.29 is 17.8 Å². The summed E-state index contributed by atoms with van der Waals surface area (Å²) in [5.41, 5.74) is 1.08. The molecule has 5 nitrogen and oxygen atoms in total. The second-order valence-electron chi connectivity index (χ2n) is 3.17. The second kappa shape index (κ2) is 4.46. The topological polar surface area (TPSA) is 93.4 Å². The summed E-state index contributed by atoms with van der Waals surface area (Å²) in [5, 5.41) is 2.36. The van der Waals surface area contributed by atoms with Crippen LogP contribution in [0.2, 0.25) is 0 Å². The number of rotatable bonds is 1. The molecular formula is C10H11NO4S. The van der Waals surface area contributed by atoms with Crippen molar-refractivity contribution in [2.24, 2.45) is 0 Å². The molecule has 0 unspecified atom stereocenters. The lowest BCUT2D eigenvalue weighted by atomic mass is 10.2. The summed E-state index contributed by atoms with van der Waals surface area (Å²) < 4.78 is 29.9. The zero-order valence-corrected chi connectivity index (χ0v) is 9.41. The minimum Gasteiger partial charge on any atom is -0.317 e. The van der Waals surface area contributed by atoms with Crippen LogP contribution in [0.3, 0.4) is 0 Å². The fraction of sp³-hybridized carbons (Fsp3) is 0.100. The van der Waals surface area contributed by atoms with Crippen molar-refractivity contribution in [2.75, 3.05) is 0 Å². The van der Waals surface area contributed by atoms with E-state index in [2.05, 4.69) is 11.9 Å². The average Bonchev–Trinajstić information content (AvgIpc) is 2.79. The van der Waals surface area contributed by atoms with Crippen LogP contribution in [0.1, 0.15) is 5.56 Å². The molecule has 1 heterocycles. The monoisotopic (exact) mass is 241 g/mol. The van der Waals surface area contributed by atoms with Crippen molar-refractivity contribution in [3.8, 4) is 0 Å². The van der Waals surface area contributed by atoms with E-state index in [1.165, 1.54) is 6.07 Å². The van der Waals surface area contributed by atoms with Gasteiger partial charge in [0.15, 0.2) is 0 Å². The fourth-order valence-electron chi connectivity index (χ4n) is 0.952. The van der Waals surface area contributed by atoms with Crippen LogP contribution in [0.25, 0.3) is 0 Å². The number of hydrogen-bond donors (Lipinski definition) is 2. The number of benzene rings is 1. The van der Waals surface area contributed by atoms with Crippen LogP contribution >= 0.6 is 0 Å². The maximum Gasteiger partial charge on any atom is 0.294 e. The highest BCUT2D eigenvalue weighted by Crippen LogP contribution is 2.12. The van der Waals surface area contributed by atoms with Crippen molar-refractivity contribution in [2.45, 2.75) is 11.8 Å². The summed E-state index contributed by atoms with van der Waals surface area (Å²) in [5.74, 6) is -0.0231. The first-order chi connectivity index (χ1) is 7.32. The summed E-state index contributed by atoms with van der Waals surface area (Å²) in [6, 6.07) is 6.27. The minimum atomic E-state index is -4.03. The van der Waals surface area contributed by atoms with Gasteiger partial charge in [-0.15, -0.1) is 0 Å². The zero-order valence-electron chi connectivity index (χ0n) is 8.60. The Labute approximate surface area is 93.5 Å². The first-order valence-electron chi connectivity index (χ1n) is 4.36. The van der Waals surface area contributed by atoms with Gasteiger partial charge in [-0.3, -0.25) is 9.35 Å². The Morgan fingerprint density at radius 1 is 1.31 bits per heavy atom. The molecule has 1 aromatic rings. The molecule has 0 atom stereocenters. The van der Waals surface area contributed by atoms with E-state index in [-0.39, 0.29) is 10.8 Å². The molecule has 6 heteroatoms. The Hall–Kier alpha value is -1.66. The molecule has 1 amide bonds. The lowest BCUT2D eigenvalue weighted by Crippen LogP contribution is -1.99. The van der Waals surface area contributed by atoms with Crippen LogP contribution in [-0.2, 0) is 14.9 Å². The molecule has 16 heavy (non-hydrogen) atoms. The Morgan fingerprint density at radius 2 is 1.75 bits per heavy atom. The minimum absolute atomic E-state index is 0.0231. The largest absolute Gasteiger partial charge is 0.317 e. The van der Waals surface area contributed by atoms with Gasteiger partial charge >= 0.3 is 0 Å².